The van der Waals surface area contributed by atoms with Crippen molar-refractivity contribution < 1.29 is 27.5 Å². The molecule has 1 aliphatic rings. The van der Waals surface area contributed by atoms with Crippen LogP contribution in [0.5, 0.6) is 0 Å². The molecule has 2 heterocycles. The molecule has 11 heteroatoms. The summed E-state index contributed by atoms with van der Waals surface area (Å²) in [7, 11) is -3.70. The number of ether oxygens (including phenoxy) is 2. The number of carbonyl (C=O) groups is 2. The van der Waals surface area contributed by atoms with Gasteiger partial charge in [0.2, 0.25) is 10.0 Å². The van der Waals surface area contributed by atoms with Gasteiger partial charge in [-0.2, -0.15) is 4.31 Å². The molecule has 1 aliphatic heterocycles. The highest BCUT2D eigenvalue weighted by Crippen LogP contribution is 2.20. The summed E-state index contributed by atoms with van der Waals surface area (Å²) in [6.07, 6.45) is 0.710. The molecule has 3 N–H and O–H groups in total. The Balaban J connectivity index is 1.64. The third-order valence-corrected chi connectivity index (χ3v) is 6.30. The van der Waals surface area contributed by atoms with Crippen molar-refractivity contribution in [2.24, 2.45) is 5.92 Å². The van der Waals surface area contributed by atoms with Crippen LogP contribution in [0.25, 0.3) is 0 Å². The van der Waals surface area contributed by atoms with Gasteiger partial charge in [0.1, 0.15) is 10.6 Å². The molecule has 0 spiro atoms. The van der Waals surface area contributed by atoms with Crippen LogP contribution in [0.4, 0.5) is 16.2 Å². The van der Waals surface area contributed by atoms with Gasteiger partial charge in [-0.15, -0.1) is 0 Å². The Morgan fingerprint density at radius 1 is 1.16 bits per heavy atom. The van der Waals surface area contributed by atoms with Gasteiger partial charge in [-0.05, 0) is 30.2 Å². The topological polar surface area (TPSA) is 130 Å². The Kier molecular flexibility index (Phi) is 7.31. The maximum Gasteiger partial charge on any atom is 0.411 e. The Morgan fingerprint density at radius 3 is 2.52 bits per heavy atom. The van der Waals surface area contributed by atoms with Gasteiger partial charge in [0.25, 0.3) is 5.91 Å². The highest BCUT2D eigenvalue weighted by atomic mass is 32.2. The second kappa shape index (κ2) is 9.94. The van der Waals surface area contributed by atoms with E-state index in [1.165, 1.54) is 16.6 Å². The predicted molar refractivity (Wildman–Crippen MR) is 115 cm³/mol. The first-order chi connectivity index (χ1) is 14.8. The van der Waals surface area contributed by atoms with Crippen LogP contribution in [-0.2, 0) is 19.5 Å². The molecule has 10 nitrogen and oxygen atoms in total. The zero-order valence-corrected chi connectivity index (χ0v) is 18.2. The molecule has 168 valence electrons. The van der Waals surface area contributed by atoms with Crippen LogP contribution >= 0.6 is 0 Å². The van der Waals surface area contributed by atoms with E-state index in [0.717, 1.165) is 0 Å². The van der Waals surface area contributed by atoms with E-state index in [2.05, 4.69) is 15.6 Å². The van der Waals surface area contributed by atoms with E-state index in [1.54, 1.807) is 24.3 Å². The summed E-state index contributed by atoms with van der Waals surface area (Å²) in [5, 5.41) is 5.27. The fourth-order valence-electron chi connectivity index (χ4n) is 2.86. The summed E-state index contributed by atoms with van der Waals surface area (Å²) >= 11 is 0. The molecule has 0 radical (unpaired) electrons. The number of amides is 2. The minimum Gasteiger partial charge on any atom is -0.449 e. The van der Waals surface area contributed by atoms with E-state index in [9.17, 15) is 18.0 Å². The average molecular weight is 451 g/mol. The number of hydrogen-bond donors (Lipinski definition) is 3. The quantitative estimate of drug-likeness (QED) is 0.594. The predicted octanol–water partition coefficient (Wildman–Crippen LogP) is 2.49. The zero-order valence-electron chi connectivity index (χ0n) is 17.4. The molecule has 31 heavy (non-hydrogen) atoms. The third kappa shape index (κ3) is 6.06. The van der Waals surface area contributed by atoms with Crippen molar-refractivity contribution in [3.63, 3.8) is 0 Å². The third-order valence-electron chi connectivity index (χ3n) is 4.42. The minimum atomic E-state index is -3.70. The molecule has 0 saturated carbocycles. The van der Waals surface area contributed by atoms with Crippen molar-refractivity contribution >= 4 is 33.4 Å². The van der Waals surface area contributed by atoms with Gasteiger partial charge in [-0.3, -0.25) is 10.1 Å². The summed E-state index contributed by atoms with van der Waals surface area (Å²) in [4.78, 5) is 27.1. The van der Waals surface area contributed by atoms with E-state index in [0.29, 0.717) is 31.2 Å². The molecule has 0 unspecified atom stereocenters. The Hall–Kier alpha value is -2.89. The maximum absolute atomic E-state index is 12.7. The van der Waals surface area contributed by atoms with E-state index >= 15 is 0 Å². The van der Waals surface area contributed by atoms with E-state index in [-0.39, 0.29) is 29.6 Å². The number of nitrogens with one attached hydrogen (secondary N) is 3. The maximum atomic E-state index is 12.7. The van der Waals surface area contributed by atoms with Crippen LogP contribution in [0, 0.1) is 5.92 Å². The number of H-pyrrole nitrogens is 1. The first kappa shape index (κ1) is 22.8. The number of benzene rings is 1. The molecular formula is C20H26N4O6S. The molecule has 0 aliphatic carbocycles. The molecule has 2 aromatic rings. The Morgan fingerprint density at radius 2 is 1.84 bits per heavy atom. The lowest BCUT2D eigenvalue weighted by atomic mass is 10.2. The average Bonchev–Trinajstić information content (AvgIpc) is 3.25. The standard InChI is InChI=1S/C20H26N4O6S/c1-14(2)13-30-20(26)23-16-5-3-4-15(10-16)22-19(25)18-11-17(12-21-18)31(27,28)24-6-8-29-9-7-24/h3-5,10-12,14,21H,6-9,13H2,1-2H3,(H,22,25)(H,23,26). The fraction of sp³-hybridized carbons (Fsp3) is 0.400. The number of anilines is 2. The zero-order chi connectivity index (χ0) is 22.4. The largest absolute Gasteiger partial charge is 0.449 e. The van der Waals surface area contributed by atoms with Gasteiger partial charge < -0.3 is 19.8 Å². The second-order valence-electron chi connectivity index (χ2n) is 7.42. The summed E-state index contributed by atoms with van der Waals surface area (Å²) in [6, 6.07) is 7.84. The van der Waals surface area contributed by atoms with Gasteiger partial charge in [-0.25, -0.2) is 13.2 Å². The number of nitrogens with zero attached hydrogens (tertiary/aromatic N) is 1. The first-order valence-electron chi connectivity index (χ1n) is 9.87. The molecule has 1 saturated heterocycles. The van der Waals surface area contributed by atoms with Gasteiger partial charge in [0, 0.05) is 30.7 Å². The second-order valence-corrected chi connectivity index (χ2v) is 9.36. The van der Waals surface area contributed by atoms with Crippen molar-refractivity contribution in [3.8, 4) is 0 Å². The van der Waals surface area contributed by atoms with Gasteiger partial charge >= 0.3 is 6.09 Å². The summed E-state index contributed by atoms with van der Waals surface area (Å²) in [6.45, 7) is 5.38. The molecule has 2 amide bonds. The Bertz CT molecular complexity index is 1030. The summed E-state index contributed by atoms with van der Waals surface area (Å²) in [5.74, 6) is -0.294. The molecule has 1 aromatic heterocycles. The fourth-order valence-corrected chi connectivity index (χ4v) is 4.26. The number of aromatic amines is 1. The van der Waals surface area contributed by atoms with Gasteiger partial charge in [-0.1, -0.05) is 19.9 Å². The number of rotatable bonds is 7. The minimum absolute atomic E-state index is 0.0165. The lowest BCUT2D eigenvalue weighted by Crippen LogP contribution is -2.40. The lowest BCUT2D eigenvalue weighted by molar-refractivity contribution is 0.0730. The van der Waals surface area contributed by atoms with Crippen LogP contribution in [0.15, 0.2) is 41.4 Å². The van der Waals surface area contributed by atoms with Crippen molar-refractivity contribution in [2.45, 2.75) is 18.7 Å². The molecular weight excluding hydrogens is 424 g/mol. The van der Waals surface area contributed by atoms with Crippen LogP contribution < -0.4 is 10.6 Å². The van der Waals surface area contributed by atoms with Gasteiger partial charge in [0.15, 0.2) is 0 Å². The lowest BCUT2D eigenvalue weighted by Gasteiger charge is -2.25. The normalized spacial score (nSPS) is 14.9. The molecule has 0 atom stereocenters. The number of sulfonamides is 1. The van der Waals surface area contributed by atoms with E-state index in [1.807, 2.05) is 13.8 Å². The highest BCUT2D eigenvalue weighted by molar-refractivity contribution is 7.89. The van der Waals surface area contributed by atoms with Crippen LogP contribution in [0.3, 0.4) is 0 Å². The van der Waals surface area contributed by atoms with Crippen molar-refractivity contribution in [1.82, 2.24) is 9.29 Å². The molecule has 3 rings (SSSR count). The van der Waals surface area contributed by atoms with Crippen LogP contribution in [-0.4, -0.2) is 62.6 Å². The number of morpholine rings is 1. The van der Waals surface area contributed by atoms with Crippen LogP contribution in [0.2, 0.25) is 0 Å². The molecule has 1 aromatic carbocycles. The molecule has 0 bridgehead atoms. The van der Waals surface area contributed by atoms with Crippen LogP contribution in [0.1, 0.15) is 24.3 Å². The SMILES string of the molecule is CC(C)COC(=O)Nc1cccc(NC(=O)c2cc(S(=O)(=O)N3CCOCC3)c[nH]2)c1. The van der Waals surface area contributed by atoms with Crippen molar-refractivity contribution in [1.29, 1.82) is 0 Å². The summed E-state index contributed by atoms with van der Waals surface area (Å²) in [5.41, 5.74) is 0.981. The van der Waals surface area contributed by atoms with Gasteiger partial charge in [0.05, 0.1) is 19.8 Å². The van der Waals surface area contributed by atoms with E-state index in [4.69, 9.17) is 9.47 Å². The highest BCUT2D eigenvalue weighted by Gasteiger charge is 2.28. The summed E-state index contributed by atoms with van der Waals surface area (Å²) < 4.78 is 37.0. The van der Waals surface area contributed by atoms with Crippen molar-refractivity contribution in [3.05, 3.63) is 42.2 Å². The van der Waals surface area contributed by atoms with E-state index < -0.39 is 22.0 Å². The number of aromatic nitrogens is 1. The number of hydrogen-bond acceptors (Lipinski definition) is 6. The monoisotopic (exact) mass is 450 g/mol. The smallest absolute Gasteiger partial charge is 0.411 e. The van der Waals surface area contributed by atoms with Crippen molar-refractivity contribution in [2.75, 3.05) is 43.5 Å². The molecule has 1 fully saturated rings. The Labute approximate surface area is 181 Å². The number of carbonyl (C=O) groups excluding carboxylic acids is 2. The first-order valence-corrected chi connectivity index (χ1v) is 11.3.